The molecule has 1 aromatic heterocycles. The summed E-state index contributed by atoms with van der Waals surface area (Å²) in [5, 5.41) is 11.3. The number of hydrogen-bond acceptors (Lipinski definition) is 6. The van der Waals surface area contributed by atoms with E-state index in [-0.39, 0.29) is 12.5 Å². The highest BCUT2D eigenvalue weighted by Gasteiger charge is 2.20. The normalized spacial score (nSPS) is 13.8. The smallest absolute Gasteiger partial charge is 0.325 e. The molecule has 1 saturated heterocycles. The summed E-state index contributed by atoms with van der Waals surface area (Å²) in [4.78, 5) is 20.2. The van der Waals surface area contributed by atoms with Gasteiger partial charge >= 0.3 is 5.97 Å². The second-order valence-electron chi connectivity index (χ2n) is 5.93. The number of rotatable bonds is 4. The Labute approximate surface area is 141 Å². The summed E-state index contributed by atoms with van der Waals surface area (Å²) >= 11 is 0. The Morgan fingerprint density at radius 1 is 1.42 bits per heavy atom. The van der Waals surface area contributed by atoms with Crippen LogP contribution in [-0.4, -0.2) is 44.7 Å². The molecule has 1 fully saturated rings. The molecule has 6 heteroatoms. The number of nitriles is 1. The fourth-order valence-corrected chi connectivity index (χ4v) is 3.19. The molecule has 124 valence electrons. The predicted molar refractivity (Wildman–Crippen MR) is 93.2 cm³/mol. The summed E-state index contributed by atoms with van der Waals surface area (Å²) in [5.74, 6) is 0.279. The molecule has 0 radical (unpaired) electrons. The molecule has 0 bridgehead atoms. The Bertz CT molecular complexity index is 807. The predicted octanol–water partition coefficient (Wildman–Crippen LogP) is 2.32. The van der Waals surface area contributed by atoms with E-state index in [4.69, 9.17) is 4.74 Å². The lowest BCUT2D eigenvalue weighted by molar-refractivity contribution is -0.138. The van der Waals surface area contributed by atoms with Crippen LogP contribution in [0.1, 0.15) is 18.4 Å². The average molecular weight is 324 g/mol. The summed E-state index contributed by atoms with van der Waals surface area (Å²) in [6.07, 6.45) is 4.19. The van der Waals surface area contributed by atoms with Gasteiger partial charge in [0.15, 0.2) is 0 Å². The van der Waals surface area contributed by atoms with Gasteiger partial charge in [-0.2, -0.15) is 5.26 Å². The Morgan fingerprint density at radius 2 is 2.17 bits per heavy atom. The van der Waals surface area contributed by atoms with Gasteiger partial charge in [0, 0.05) is 30.9 Å². The number of anilines is 2. The van der Waals surface area contributed by atoms with Crippen LogP contribution in [0.4, 0.5) is 11.5 Å². The molecule has 0 spiro atoms. The van der Waals surface area contributed by atoms with Gasteiger partial charge < -0.3 is 14.5 Å². The van der Waals surface area contributed by atoms with Gasteiger partial charge in [-0.05, 0) is 18.9 Å². The van der Waals surface area contributed by atoms with Gasteiger partial charge in [0.25, 0.3) is 0 Å². The van der Waals surface area contributed by atoms with Crippen LogP contribution in [0.15, 0.2) is 24.4 Å². The summed E-state index contributed by atoms with van der Waals surface area (Å²) in [6, 6.07) is 7.94. The quantitative estimate of drug-likeness (QED) is 0.804. The first-order valence-corrected chi connectivity index (χ1v) is 8.00. The summed E-state index contributed by atoms with van der Waals surface area (Å²) in [6.45, 7) is 2.09. The van der Waals surface area contributed by atoms with E-state index in [0.29, 0.717) is 11.4 Å². The molecule has 0 aliphatic carbocycles. The van der Waals surface area contributed by atoms with Crippen LogP contribution in [-0.2, 0) is 9.53 Å². The van der Waals surface area contributed by atoms with Gasteiger partial charge in [-0.25, -0.2) is 4.98 Å². The van der Waals surface area contributed by atoms with E-state index in [1.807, 2.05) is 18.3 Å². The SMILES string of the molecule is COC(=O)CN(C)c1ncc(N2CCCC2)c2cccc(C#N)c12. The van der Waals surface area contributed by atoms with Gasteiger partial charge in [-0.3, -0.25) is 4.79 Å². The van der Waals surface area contributed by atoms with Crippen molar-refractivity contribution in [3.05, 3.63) is 30.0 Å². The Morgan fingerprint density at radius 3 is 2.83 bits per heavy atom. The zero-order valence-corrected chi connectivity index (χ0v) is 14.0. The van der Waals surface area contributed by atoms with E-state index >= 15 is 0 Å². The number of likely N-dealkylation sites (N-methyl/N-ethyl adjacent to an activating group) is 1. The zero-order chi connectivity index (χ0) is 17.1. The second kappa shape index (κ2) is 6.75. The van der Waals surface area contributed by atoms with Crippen LogP contribution in [0.5, 0.6) is 0 Å². The molecule has 0 unspecified atom stereocenters. The minimum absolute atomic E-state index is 0.0847. The van der Waals surface area contributed by atoms with Crippen molar-refractivity contribution in [3.63, 3.8) is 0 Å². The van der Waals surface area contributed by atoms with Gasteiger partial charge in [-0.1, -0.05) is 12.1 Å². The Hall–Kier alpha value is -2.81. The first-order chi connectivity index (χ1) is 11.7. The van der Waals surface area contributed by atoms with Gasteiger partial charge in [-0.15, -0.1) is 0 Å². The number of carbonyl (C=O) groups is 1. The highest BCUT2D eigenvalue weighted by molar-refractivity contribution is 6.04. The van der Waals surface area contributed by atoms with Crippen LogP contribution < -0.4 is 9.80 Å². The number of methoxy groups -OCH3 is 1. The number of hydrogen-bond donors (Lipinski definition) is 0. The van der Waals surface area contributed by atoms with Crippen LogP contribution in [0, 0.1) is 11.3 Å². The Balaban J connectivity index is 2.15. The van der Waals surface area contributed by atoms with Gasteiger partial charge in [0.2, 0.25) is 0 Å². The molecule has 24 heavy (non-hydrogen) atoms. The van der Waals surface area contributed by atoms with Crippen molar-refractivity contribution in [2.75, 3.05) is 43.6 Å². The second-order valence-corrected chi connectivity index (χ2v) is 5.93. The fraction of sp³-hybridized carbons (Fsp3) is 0.389. The molecule has 0 N–H and O–H groups in total. The largest absolute Gasteiger partial charge is 0.468 e. The maximum atomic E-state index is 11.6. The van der Waals surface area contributed by atoms with Crippen molar-refractivity contribution in [2.24, 2.45) is 0 Å². The molecule has 0 amide bonds. The highest BCUT2D eigenvalue weighted by Crippen LogP contribution is 2.35. The first kappa shape index (κ1) is 16.1. The summed E-state index contributed by atoms with van der Waals surface area (Å²) < 4.78 is 4.73. The maximum Gasteiger partial charge on any atom is 0.325 e. The number of benzene rings is 1. The van der Waals surface area contributed by atoms with E-state index in [9.17, 15) is 10.1 Å². The molecule has 2 heterocycles. The third kappa shape index (κ3) is 2.85. The zero-order valence-electron chi connectivity index (χ0n) is 14.0. The van der Waals surface area contributed by atoms with Gasteiger partial charge in [0.05, 0.1) is 30.6 Å². The monoisotopic (exact) mass is 324 g/mol. The topological polar surface area (TPSA) is 69.5 Å². The van der Waals surface area contributed by atoms with E-state index in [0.717, 1.165) is 29.5 Å². The van der Waals surface area contributed by atoms with Crippen molar-refractivity contribution in [1.82, 2.24) is 4.98 Å². The fourth-order valence-electron chi connectivity index (χ4n) is 3.19. The van der Waals surface area contributed by atoms with Crippen molar-refractivity contribution in [1.29, 1.82) is 5.26 Å². The Kier molecular flexibility index (Phi) is 4.52. The first-order valence-electron chi connectivity index (χ1n) is 8.00. The standard InChI is InChI=1S/C18H20N4O2/c1-21(12-16(23)24-2)18-17-13(10-19)6-5-7-14(17)15(11-20-18)22-8-3-4-9-22/h5-7,11H,3-4,8-9,12H2,1-2H3. The lowest BCUT2D eigenvalue weighted by Gasteiger charge is -2.24. The van der Waals surface area contributed by atoms with E-state index in [2.05, 4.69) is 16.0 Å². The van der Waals surface area contributed by atoms with Crippen molar-refractivity contribution in [3.8, 4) is 6.07 Å². The lowest BCUT2D eigenvalue weighted by Crippen LogP contribution is -2.28. The number of pyridine rings is 1. The molecular weight excluding hydrogens is 304 g/mol. The minimum atomic E-state index is -0.342. The van der Waals surface area contributed by atoms with Gasteiger partial charge in [0.1, 0.15) is 12.4 Å². The molecule has 0 atom stereocenters. The number of fused-ring (bicyclic) bond motifs is 1. The third-order valence-corrected chi connectivity index (χ3v) is 4.40. The molecule has 1 aliphatic heterocycles. The number of ether oxygens (including phenoxy) is 1. The summed E-state index contributed by atoms with van der Waals surface area (Å²) in [7, 11) is 3.14. The van der Waals surface area contributed by atoms with Crippen LogP contribution >= 0.6 is 0 Å². The van der Waals surface area contributed by atoms with E-state index < -0.39 is 0 Å². The third-order valence-electron chi connectivity index (χ3n) is 4.40. The molecule has 3 rings (SSSR count). The minimum Gasteiger partial charge on any atom is -0.468 e. The van der Waals surface area contributed by atoms with E-state index in [1.54, 1.807) is 18.0 Å². The average Bonchev–Trinajstić information content (AvgIpc) is 3.14. The molecular formula is C18H20N4O2. The number of esters is 1. The molecule has 2 aromatic rings. The van der Waals surface area contributed by atoms with Crippen molar-refractivity contribution in [2.45, 2.75) is 12.8 Å². The van der Waals surface area contributed by atoms with Crippen LogP contribution in [0.25, 0.3) is 10.8 Å². The number of aromatic nitrogens is 1. The van der Waals surface area contributed by atoms with Crippen LogP contribution in [0.3, 0.4) is 0 Å². The van der Waals surface area contributed by atoms with Crippen molar-refractivity contribution < 1.29 is 9.53 Å². The van der Waals surface area contributed by atoms with Crippen LogP contribution in [0.2, 0.25) is 0 Å². The molecule has 6 nitrogen and oxygen atoms in total. The van der Waals surface area contributed by atoms with E-state index in [1.165, 1.54) is 20.0 Å². The number of nitrogens with zero attached hydrogens (tertiary/aromatic N) is 4. The highest BCUT2D eigenvalue weighted by atomic mass is 16.5. The molecule has 0 saturated carbocycles. The molecule has 1 aromatic carbocycles. The molecule has 1 aliphatic rings. The number of carbonyl (C=O) groups excluding carboxylic acids is 1. The van der Waals surface area contributed by atoms with Crippen molar-refractivity contribution >= 4 is 28.2 Å². The summed E-state index contributed by atoms with van der Waals surface area (Å²) in [5.41, 5.74) is 1.61. The maximum absolute atomic E-state index is 11.6. The lowest BCUT2D eigenvalue weighted by atomic mass is 10.0.